The number of hydrogen-bond donors (Lipinski definition) is 1. The summed E-state index contributed by atoms with van der Waals surface area (Å²) in [5.41, 5.74) is 8.25. The molecule has 0 bridgehead atoms. The van der Waals surface area contributed by atoms with Crippen molar-refractivity contribution in [2.24, 2.45) is 11.7 Å². The highest BCUT2D eigenvalue weighted by atomic mass is 16.5. The molecule has 3 rings (SSSR count). The Bertz CT molecular complexity index is 497. The minimum absolute atomic E-state index is 0.0163. The summed E-state index contributed by atoms with van der Waals surface area (Å²) in [7, 11) is 1.66. The van der Waals surface area contributed by atoms with Crippen molar-refractivity contribution in [2.75, 3.05) is 18.6 Å². The number of anilines is 1. The molecule has 1 aromatic rings. The number of carbonyl (C=O) groups is 1. The highest BCUT2D eigenvalue weighted by Crippen LogP contribution is 2.38. The molecular formula is C16H22N2O2. The van der Waals surface area contributed by atoms with Crippen LogP contribution in [-0.4, -0.2) is 25.6 Å². The molecule has 1 amide bonds. The number of aryl methyl sites for hydroxylation is 1. The van der Waals surface area contributed by atoms with Crippen molar-refractivity contribution in [3.63, 3.8) is 0 Å². The number of rotatable bonds is 4. The van der Waals surface area contributed by atoms with Crippen molar-refractivity contribution in [1.29, 1.82) is 0 Å². The largest absolute Gasteiger partial charge is 0.495 e. The van der Waals surface area contributed by atoms with Crippen LogP contribution in [0, 0.1) is 5.92 Å². The third-order valence-electron chi connectivity index (χ3n) is 4.34. The van der Waals surface area contributed by atoms with E-state index in [9.17, 15) is 4.79 Å². The summed E-state index contributed by atoms with van der Waals surface area (Å²) in [4.78, 5) is 14.4. The number of amides is 1. The lowest BCUT2D eigenvalue weighted by Gasteiger charge is -2.31. The van der Waals surface area contributed by atoms with Gasteiger partial charge in [0.1, 0.15) is 5.75 Å². The molecule has 1 aliphatic carbocycles. The Labute approximate surface area is 119 Å². The molecule has 1 saturated carbocycles. The first-order chi connectivity index (χ1) is 9.70. The van der Waals surface area contributed by atoms with E-state index in [4.69, 9.17) is 10.5 Å². The van der Waals surface area contributed by atoms with Gasteiger partial charge in [-0.2, -0.15) is 0 Å². The van der Waals surface area contributed by atoms with Crippen LogP contribution in [-0.2, 0) is 11.2 Å². The lowest BCUT2D eigenvalue weighted by atomic mass is 9.99. The molecule has 2 N–H and O–H groups in total. The molecule has 1 fully saturated rings. The monoisotopic (exact) mass is 274 g/mol. The first-order valence-electron chi connectivity index (χ1n) is 7.42. The van der Waals surface area contributed by atoms with Crippen LogP contribution in [0.25, 0.3) is 0 Å². The Morgan fingerprint density at radius 3 is 3.00 bits per heavy atom. The predicted molar refractivity (Wildman–Crippen MR) is 79.0 cm³/mol. The van der Waals surface area contributed by atoms with E-state index in [1.807, 2.05) is 17.0 Å². The van der Waals surface area contributed by atoms with Crippen molar-refractivity contribution in [3.05, 3.63) is 23.8 Å². The van der Waals surface area contributed by atoms with Gasteiger partial charge < -0.3 is 15.4 Å². The Morgan fingerprint density at radius 1 is 1.50 bits per heavy atom. The van der Waals surface area contributed by atoms with Crippen LogP contribution < -0.4 is 15.4 Å². The quantitative estimate of drug-likeness (QED) is 0.914. The first kappa shape index (κ1) is 13.4. The van der Waals surface area contributed by atoms with Crippen LogP contribution in [0.2, 0.25) is 0 Å². The second-order valence-corrected chi connectivity index (χ2v) is 5.82. The second-order valence-electron chi connectivity index (χ2n) is 5.82. The van der Waals surface area contributed by atoms with Crippen molar-refractivity contribution < 1.29 is 9.53 Å². The molecule has 0 spiro atoms. The number of methoxy groups -OCH3 is 1. The third-order valence-corrected chi connectivity index (χ3v) is 4.34. The molecule has 0 radical (unpaired) electrons. The molecule has 108 valence electrons. The van der Waals surface area contributed by atoms with E-state index in [0.717, 1.165) is 30.8 Å². The van der Waals surface area contributed by atoms with Gasteiger partial charge >= 0.3 is 0 Å². The third kappa shape index (κ3) is 2.52. The summed E-state index contributed by atoms with van der Waals surface area (Å²) in [6.45, 7) is 0.767. The number of fused-ring (bicyclic) bond motifs is 1. The lowest BCUT2D eigenvalue weighted by molar-refractivity contribution is -0.119. The molecule has 2 aliphatic rings. The van der Waals surface area contributed by atoms with Gasteiger partial charge in [0.15, 0.2) is 0 Å². The number of benzene rings is 1. The topological polar surface area (TPSA) is 55.6 Å². The number of hydrogen-bond acceptors (Lipinski definition) is 3. The smallest absolute Gasteiger partial charge is 0.228 e. The van der Waals surface area contributed by atoms with Gasteiger partial charge in [-0.3, -0.25) is 4.79 Å². The van der Waals surface area contributed by atoms with Crippen molar-refractivity contribution in [3.8, 4) is 5.75 Å². The maximum Gasteiger partial charge on any atom is 0.228 e. The van der Waals surface area contributed by atoms with Crippen LogP contribution >= 0.6 is 0 Å². The van der Waals surface area contributed by atoms with E-state index in [2.05, 4.69) is 6.07 Å². The van der Waals surface area contributed by atoms with E-state index < -0.39 is 0 Å². The average Bonchev–Trinajstić information content (AvgIpc) is 3.30. The fourth-order valence-corrected chi connectivity index (χ4v) is 3.03. The zero-order valence-corrected chi connectivity index (χ0v) is 12.0. The van der Waals surface area contributed by atoms with Gasteiger partial charge in [-0.15, -0.1) is 0 Å². The highest BCUT2D eigenvalue weighted by Gasteiger charge is 2.33. The summed E-state index contributed by atoms with van der Waals surface area (Å²) in [6, 6.07) is 6.01. The fourth-order valence-electron chi connectivity index (χ4n) is 3.03. The van der Waals surface area contributed by atoms with Gasteiger partial charge in [0.25, 0.3) is 0 Å². The number of nitrogens with two attached hydrogens (primary N) is 1. The summed E-state index contributed by atoms with van der Waals surface area (Å²) in [5, 5.41) is 0. The highest BCUT2D eigenvalue weighted by molar-refractivity contribution is 5.96. The molecule has 1 aliphatic heterocycles. The molecule has 1 unspecified atom stereocenters. The maximum atomic E-state index is 12.6. The van der Waals surface area contributed by atoms with Gasteiger partial charge in [0.2, 0.25) is 5.91 Å². The number of para-hydroxylation sites is 1. The number of carbonyl (C=O) groups excluding carboxylic acids is 1. The number of nitrogens with zero attached hydrogens (tertiary/aromatic N) is 1. The maximum absolute atomic E-state index is 12.6. The minimum atomic E-state index is 0.0163. The molecule has 1 aromatic carbocycles. The molecule has 0 aromatic heterocycles. The SMILES string of the molecule is COc1cccc2c1N(C(=O)CC(N)C1CC1)CCC2. The van der Waals surface area contributed by atoms with E-state index in [1.165, 1.54) is 18.4 Å². The number of ether oxygens (including phenoxy) is 1. The summed E-state index contributed by atoms with van der Waals surface area (Å²) >= 11 is 0. The molecular weight excluding hydrogens is 252 g/mol. The van der Waals surface area contributed by atoms with Crippen molar-refractivity contribution in [1.82, 2.24) is 0 Å². The standard InChI is InChI=1S/C16H22N2O2/c1-20-14-6-2-4-12-5-3-9-18(16(12)14)15(19)10-13(17)11-7-8-11/h2,4,6,11,13H,3,5,7-10,17H2,1H3. The van der Waals surface area contributed by atoms with E-state index in [-0.39, 0.29) is 11.9 Å². The molecule has 1 atom stereocenters. The summed E-state index contributed by atoms with van der Waals surface area (Å²) in [6.07, 6.45) is 4.81. The van der Waals surface area contributed by atoms with Crippen LogP contribution in [0.5, 0.6) is 5.75 Å². The van der Waals surface area contributed by atoms with Gasteiger partial charge in [0, 0.05) is 19.0 Å². The van der Waals surface area contributed by atoms with Crippen LogP contribution in [0.3, 0.4) is 0 Å². The molecule has 1 heterocycles. The van der Waals surface area contributed by atoms with E-state index >= 15 is 0 Å². The van der Waals surface area contributed by atoms with Gasteiger partial charge in [0.05, 0.1) is 12.8 Å². The summed E-state index contributed by atoms with van der Waals surface area (Å²) < 4.78 is 5.43. The predicted octanol–water partition coefficient (Wildman–Crippen LogP) is 2.10. The Kier molecular flexibility index (Phi) is 3.66. The van der Waals surface area contributed by atoms with E-state index in [0.29, 0.717) is 12.3 Å². The van der Waals surface area contributed by atoms with Crippen molar-refractivity contribution >= 4 is 11.6 Å². The zero-order chi connectivity index (χ0) is 14.1. The zero-order valence-electron chi connectivity index (χ0n) is 12.0. The first-order valence-corrected chi connectivity index (χ1v) is 7.42. The molecule has 0 saturated heterocycles. The fraction of sp³-hybridized carbons (Fsp3) is 0.562. The van der Waals surface area contributed by atoms with Gasteiger partial charge in [-0.1, -0.05) is 12.1 Å². The second kappa shape index (κ2) is 5.44. The molecule has 4 nitrogen and oxygen atoms in total. The lowest BCUT2D eigenvalue weighted by Crippen LogP contribution is -2.39. The van der Waals surface area contributed by atoms with Gasteiger partial charge in [-0.25, -0.2) is 0 Å². The van der Waals surface area contributed by atoms with E-state index in [1.54, 1.807) is 7.11 Å². The summed E-state index contributed by atoms with van der Waals surface area (Å²) in [5.74, 6) is 1.48. The van der Waals surface area contributed by atoms with Gasteiger partial charge in [-0.05, 0) is 43.2 Å². The average molecular weight is 274 g/mol. The van der Waals surface area contributed by atoms with Crippen LogP contribution in [0.1, 0.15) is 31.2 Å². The van der Waals surface area contributed by atoms with Crippen LogP contribution in [0.4, 0.5) is 5.69 Å². The normalized spacial score (nSPS) is 19.4. The van der Waals surface area contributed by atoms with Crippen molar-refractivity contribution in [2.45, 2.75) is 38.1 Å². The Morgan fingerprint density at radius 2 is 2.30 bits per heavy atom. The molecule has 4 heteroatoms. The molecule has 20 heavy (non-hydrogen) atoms. The minimum Gasteiger partial charge on any atom is -0.495 e. The van der Waals surface area contributed by atoms with Crippen LogP contribution in [0.15, 0.2) is 18.2 Å². The Hall–Kier alpha value is -1.55. The Balaban J connectivity index is 1.83.